The quantitative estimate of drug-likeness (QED) is 0.398. The number of halogens is 3. The number of fused-ring (bicyclic) bond motifs is 1. The third kappa shape index (κ3) is 4.50. The zero-order chi connectivity index (χ0) is 24.5. The Hall–Kier alpha value is -3.04. The summed E-state index contributed by atoms with van der Waals surface area (Å²) in [4.78, 5) is 6.62. The fourth-order valence-electron chi connectivity index (χ4n) is 4.18. The van der Waals surface area contributed by atoms with Crippen LogP contribution in [0.1, 0.15) is 17.4 Å². The van der Waals surface area contributed by atoms with Crippen molar-refractivity contribution < 1.29 is 19.0 Å². The molecule has 1 N–H and O–H groups in total. The Morgan fingerprint density at radius 3 is 2.57 bits per heavy atom. The van der Waals surface area contributed by atoms with E-state index in [0.717, 1.165) is 18.8 Å². The maximum Gasteiger partial charge on any atom is 0.233 e. The second kappa shape index (κ2) is 9.91. The van der Waals surface area contributed by atoms with Crippen LogP contribution in [0.2, 0.25) is 10.0 Å². The Bertz CT molecular complexity index is 1380. The van der Waals surface area contributed by atoms with Crippen molar-refractivity contribution in [2.45, 2.75) is 6.10 Å². The Kier molecular flexibility index (Phi) is 6.71. The Balaban J connectivity index is 1.59. The molecular formula is C25H21Cl2FN4O3. The highest BCUT2D eigenvalue weighted by Crippen LogP contribution is 2.40. The molecule has 0 saturated carbocycles. The number of methoxy groups -OCH3 is 1. The van der Waals surface area contributed by atoms with E-state index in [-0.39, 0.29) is 16.3 Å². The number of aliphatic hydroxyl groups excluding tert-OH is 1. The van der Waals surface area contributed by atoms with Crippen molar-refractivity contribution >= 4 is 39.8 Å². The number of hydrogen-bond acceptors (Lipinski definition) is 7. The van der Waals surface area contributed by atoms with E-state index < -0.39 is 11.9 Å². The van der Waals surface area contributed by atoms with Crippen LogP contribution in [0.4, 0.5) is 10.1 Å². The van der Waals surface area contributed by atoms with Gasteiger partial charge in [-0.2, -0.15) is 0 Å². The van der Waals surface area contributed by atoms with Crippen LogP contribution in [0.25, 0.3) is 22.0 Å². The second-order valence-electron chi connectivity index (χ2n) is 8.01. The van der Waals surface area contributed by atoms with Gasteiger partial charge in [0.25, 0.3) is 0 Å². The van der Waals surface area contributed by atoms with Crippen LogP contribution >= 0.6 is 23.2 Å². The highest BCUT2D eigenvalue weighted by atomic mass is 35.5. The average Bonchev–Trinajstić information content (AvgIpc) is 2.89. The van der Waals surface area contributed by atoms with Crippen LogP contribution in [0.15, 0.2) is 48.7 Å². The normalized spacial score (nSPS) is 14.8. The molecule has 1 aliphatic heterocycles. The van der Waals surface area contributed by atoms with Gasteiger partial charge in [0.2, 0.25) is 5.88 Å². The first-order valence-electron chi connectivity index (χ1n) is 10.9. The van der Waals surface area contributed by atoms with E-state index in [1.807, 2.05) is 12.1 Å². The first-order valence-corrected chi connectivity index (χ1v) is 11.7. The number of benzene rings is 2. The van der Waals surface area contributed by atoms with E-state index >= 15 is 4.39 Å². The van der Waals surface area contributed by atoms with Gasteiger partial charge < -0.3 is 19.5 Å². The first kappa shape index (κ1) is 23.7. The van der Waals surface area contributed by atoms with Gasteiger partial charge in [0.05, 0.1) is 42.2 Å². The van der Waals surface area contributed by atoms with Crippen molar-refractivity contribution in [1.82, 2.24) is 15.2 Å². The molecule has 2 aromatic carbocycles. The van der Waals surface area contributed by atoms with Gasteiger partial charge in [-0.3, -0.25) is 4.98 Å². The number of pyridine rings is 1. The summed E-state index contributed by atoms with van der Waals surface area (Å²) in [6.07, 6.45) is 0.371. The lowest BCUT2D eigenvalue weighted by molar-refractivity contribution is 0.122. The number of aromatic nitrogens is 3. The minimum atomic E-state index is -1.22. The smallest absolute Gasteiger partial charge is 0.233 e. The molecule has 0 bridgehead atoms. The summed E-state index contributed by atoms with van der Waals surface area (Å²) in [6, 6.07) is 11.4. The Morgan fingerprint density at radius 1 is 1.06 bits per heavy atom. The van der Waals surface area contributed by atoms with E-state index in [2.05, 4.69) is 20.1 Å². The Labute approximate surface area is 211 Å². The molecule has 3 heterocycles. The zero-order valence-electron chi connectivity index (χ0n) is 18.7. The van der Waals surface area contributed by atoms with E-state index in [1.54, 1.807) is 24.4 Å². The van der Waals surface area contributed by atoms with Crippen LogP contribution in [-0.4, -0.2) is 53.7 Å². The van der Waals surface area contributed by atoms with Crippen LogP contribution < -0.4 is 9.64 Å². The fraction of sp³-hybridized carbons (Fsp3) is 0.240. The molecule has 2 aromatic heterocycles. The van der Waals surface area contributed by atoms with Crippen LogP contribution in [0.5, 0.6) is 5.88 Å². The molecule has 35 heavy (non-hydrogen) atoms. The standard InChI is InChI=1S/C25H21Cl2FN4O3/c1-34-22-5-3-20(30-31-22)25(33)17-12-16(19(28)13-18(17)26)14-6-7-29-24-15(14)2-4-21(23(24)27)32-8-10-35-11-9-32/h2-7,12-13,25,33H,8-11H2,1H3/t25-/m0/s1. The number of rotatable bonds is 5. The molecule has 4 aromatic rings. The SMILES string of the molecule is COc1ccc([C@@H](O)c2cc(-c3ccnc4c(Cl)c(N5CCOCC5)ccc34)c(F)cc2Cl)nn1. The molecule has 5 rings (SSSR count). The highest BCUT2D eigenvalue weighted by Gasteiger charge is 2.22. The van der Waals surface area contributed by atoms with Crippen molar-refractivity contribution in [1.29, 1.82) is 0 Å². The summed E-state index contributed by atoms with van der Waals surface area (Å²) in [5, 5.41) is 20.1. The van der Waals surface area contributed by atoms with Crippen molar-refractivity contribution in [3.63, 3.8) is 0 Å². The Morgan fingerprint density at radius 2 is 1.86 bits per heavy atom. The van der Waals surface area contributed by atoms with Gasteiger partial charge in [0.15, 0.2) is 0 Å². The third-order valence-corrected chi connectivity index (χ3v) is 6.70. The first-order chi connectivity index (χ1) is 17.0. The molecular weight excluding hydrogens is 494 g/mol. The molecule has 0 radical (unpaired) electrons. The van der Waals surface area contributed by atoms with Gasteiger partial charge in [-0.25, -0.2) is 4.39 Å². The molecule has 1 aliphatic rings. The van der Waals surface area contributed by atoms with Crippen LogP contribution in [-0.2, 0) is 4.74 Å². The van der Waals surface area contributed by atoms with E-state index in [4.69, 9.17) is 32.7 Å². The average molecular weight is 515 g/mol. The molecule has 0 amide bonds. The summed E-state index contributed by atoms with van der Waals surface area (Å²) in [5.41, 5.74) is 2.80. The summed E-state index contributed by atoms with van der Waals surface area (Å²) in [6.45, 7) is 2.71. The van der Waals surface area contributed by atoms with Crippen molar-refractivity contribution in [3.05, 3.63) is 75.8 Å². The molecule has 0 aliphatic carbocycles. The zero-order valence-corrected chi connectivity index (χ0v) is 20.2. The number of aliphatic hydroxyl groups is 1. The molecule has 1 fully saturated rings. The fourth-order valence-corrected chi connectivity index (χ4v) is 4.77. The van der Waals surface area contributed by atoms with Gasteiger partial charge in [-0.1, -0.05) is 29.3 Å². The van der Waals surface area contributed by atoms with Crippen molar-refractivity contribution in [2.24, 2.45) is 0 Å². The van der Waals surface area contributed by atoms with Crippen molar-refractivity contribution in [2.75, 3.05) is 38.3 Å². The van der Waals surface area contributed by atoms with Gasteiger partial charge in [-0.05, 0) is 35.9 Å². The third-order valence-electron chi connectivity index (χ3n) is 6.00. The minimum Gasteiger partial charge on any atom is -0.480 e. The van der Waals surface area contributed by atoms with Crippen molar-refractivity contribution in [3.8, 4) is 17.0 Å². The monoisotopic (exact) mass is 514 g/mol. The molecule has 1 saturated heterocycles. The van der Waals surface area contributed by atoms with Crippen LogP contribution in [0.3, 0.4) is 0 Å². The van der Waals surface area contributed by atoms with Gasteiger partial charge in [0, 0.05) is 46.9 Å². The summed E-state index contributed by atoms with van der Waals surface area (Å²) >= 11 is 13.1. The maximum absolute atomic E-state index is 15.2. The lowest BCUT2D eigenvalue weighted by Crippen LogP contribution is -2.36. The van der Waals surface area contributed by atoms with Gasteiger partial charge in [-0.15, -0.1) is 10.2 Å². The van der Waals surface area contributed by atoms with Gasteiger partial charge in [0.1, 0.15) is 11.9 Å². The predicted octanol–water partition coefficient (Wildman–Crippen LogP) is 5.06. The molecule has 10 heteroatoms. The molecule has 1 atom stereocenters. The number of hydrogen-bond donors (Lipinski definition) is 1. The number of anilines is 1. The molecule has 0 unspecified atom stereocenters. The van der Waals surface area contributed by atoms with E-state index in [9.17, 15) is 5.11 Å². The molecule has 7 nitrogen and oxygen atoms in total. The van der Waals surface area contributed by atoms with E-state index in [0.29, 0.717) is 46.1 Å². The summed E-state index contributed by atoms with van der Waals surface area (Å²) < 4.78 is 25.6. The van der Waals surface area contributed by atoms with Gasteiger partial charge >= 0.3 is 0 Å². The number of ether oxygens (including phenoxy) is 2. The molecule has 180 valence electrons. The number of morpholine rings is 1. The topological polar surface area (TPSA) is 80.6 Å². The lowest BCUT2D eigenvalue weighted by Gasteiger charge is -2.29. The van der Waals surface area contributed by atoms with Crippen LogP contribution in [0, 0.1) is 5.82 Å². The predicted molar refractivity (Wildman–Crippen MR) is 133 cm³/mol. The largest absolute Gasteiger partial charge is 0.480 e. The maximum atomic E-state index is 15.2. The lowest BCUT2D eigenvalue weighted by atomic mass is 9.96. The second-order valence-corrected chi connectivity index (χ2v) is 8.79. The highest BCUT2D eigenvalue weighted by molar-refractivity contribution is 6.38. The number of nitrogens with zero attached hydrogens (tertiary/aromatic N) is 4. The minimum absolute atomic E-state index is 0.0716. The molecule has 0 spiro atoms. The summed E-state index contributed by atoms with van der Waals surface area (Å²) in [5.74, 6) is -0.226. The van der Waals surface area contributed by atoms with E-state index in [1.165, 1.54) is 19.2 Å². The summed E-state index contributed by atoms with van der Waals surface area (Å²) in [7, 11) is 1.47.